The monoisotopic (exact) mass is 492 g/mol. The molecular weight excluding hydrogens is 456 g/mol. The first-order valence-corrected chi connectivity index (χ1v) is 12.8. The molecule has 0 saturated carbocycles. The Morgan fingerprint density at radius 3 is 2.78 bits per heavy atom. The molecule has 4 rings (SSSR count). The van der Waals surface area contributed by atoms with E-state index in [9.17, 15) is 4.79 Å². The molecule has 1 aliphatic heterocycles. The number of nitrogens with zero attached hydrogens (tertiary/aromatic N) is 3. The van der Waals surface area contributed by atoms with E-state index in [0.29, 0.717) is 49.5 Å². The summed E-state index contributed by atoms with van der Waals surface area (Å²) in [6, 6.07) is 11.6. The molecule has 192 valence electrons. The Balaban J connectivity index is 1.45. The number of benzene rings is 1. The highest BCUT2D eigenvalue weighted by Gasteiger charge is 2.17. The second-order valence-electron chi connectivity index (χ2n) is 9.65. The van der Waals surface area contributed by atoms with Gasteiger partial charge in [-0.1, -0.05) is 50.0 Å². The molecule has 0 radical (unpaired) electrons. The van der Waals surface area contributed by atoms with E-state index in [1.807, 2.05) is 36.4 Å². The van der Waals surface area contributed by atoms with Gasteiger partial charge in [-0.3, -0.25) is 9.69 Å². The summed E-state index contributed by atoms with van der Waals surface area (Å²) in [5, 5.41) is 7.14. The van der Waals surface area contributed by atoms with Crippen molar-refractivity contribution in [2.75, 3.05) is 19.7 Å². The van der Waals surface area contributed by atoms with E-state index in [0.717, 1.165) is 55.5 Å². The van der Waals surface area contributed by atoms with Crippen molar-refractivity contribution in [1.29, 1.82) is 0 Å². The van der Waals surface area contributed by atoms with Crippen LogP contribution in [-0.2, 0) is 24.3 Å². The lowest BCUT2D eigenvalue weighted by Gasteiger charge is -2.23. The van der Waals surface area contributed by atoms with Gasteiger partial charge in [0.25, 0.3) is 0 Å². The maximum absolute atomic E-state index is 12.9. The van der Waals surface area contributed by atoms with Gasteiger partial charge >= 0.3 is 0 Å². The van der Waals surface area contributed by atoms with E-state index >= 15 is 0 Å². The van der Waals surface area contributed by atoms with Gasteiger partial charge in [0, 0.05) is 30.4 Å². The molecule has 1 N–H and O–H groups in total. The van der Waals surface area contributed by atoms with E-state index in [1.54, 1.807) is 12.5 Å². The van der Waals surface area contributed by atoms with Crippen LogP contribution in [0.5, 0.6) is 17.4 Å². The van der Waals surface area contributed by atoms with Crippen LogP contribution in [0.1, 0.15) is 56.4 Å². The van der Waals surface area contributed by atoms with Gasteiger partial charge in [-0.15, -0.1) is 0 Å². The Morgan fingerprint density at radius 1 is 1.08 bits per heavy atom. The van der Waals surface area contributed by atoms with Crippen LogP contribution in [0.3, 0.4) is 0 Å². The van der Waals surface area contributed by atoms with Crippen molar-refractivity contribution in [2.45, 2.75) is 59.0 Å². The number of rotatable bonds is 6. The first kappa shape index (κ1) is 25.7. The molecule has 1 aliphatic rings. The summed E-state index contributed by atoms with van der Waals surface area (Å²) < 4.78 is 17.3. The summed E-state index contributed by atoms with van der Waals surface area (Å²) in [6.07, 6.45) is 8.31. The molecule has 0 fully saturated rings. The maximum Gasteiger partial charge on any atom is 0.234 e. The minimum atomic E-state index is -0.0297. The van der Waals surface area contributed by atoms with Gasteiger partial charge in [-0.2, -0.15) is 0 Å². The van der Waals surface area contributed by atoms with E-state index in [1.165, 1.54) is 0 Å². The maximum atomic E-state index is 12.9. The minimum Gasteiger partial charge on any atom is -0.490 e. The Morgan fingerprint density at radius 2 is 1.92 bits per heavy atom. The zero-order valence-electron chi connectivity index (χ0n) is 21.2. The summed E-state index contributed by atoms with van der Waals surface area (Å²) in [6.45, 7) is 6.99. The second kappa shape index (κ2) is 13.1. The second-order valence-corrected chi connectivity index (χ2v) is 9.65. The van der Waals surface area contributed by atoms with Gasteiger partial charge in [0.15, 0.2) is 11.5 Å². The fourth-order valence-electron chi connectivity index (χ4n) is 4.25. The number of hydrogen-bond donors (Lipinski definition) is 1. The molecule has 1 amide bonds. The average Bonchev–Trinajstić information content (AvgIpc) is 3.30. The molecule has 1 aromatic carbocycles. The third-order valence-electron chi connectivity index (χ3n) is 6.10. The number of hydrogen-bond acceptors (Lipinski definition) is 7. The van der Waals surface area contributed by atoms with E-state index in [2.05, 4.69) is 34.2 Å². The van der Waals surface area contributed by atoms with Crippen LogP contribution >= 0.6 is 0 Å². The fraction of sp³-hybridized carbons (Fsp3) is 0.464. The third kappa shape index (κ3) is 7.55. The average molecular weight is 493 g/mol. The van der Waals surface area contributed by atoms with Crippen molar-refractivity contribution in [2.24, 2.45) is 5.92 Å². The van der Waals surface area contributed by atoms with Gasteiger partial charge in [0.2, 0.25) is 11.8 Å². The molecule has 2 aromatic heterocycles. The first-order valence-electron chi connectivity index (χ1n) is 12.8. The SMILES string of the molecule is CC(C)Cc1nocc1CNC(=O)CN1CCCCCCOc2ccccc2Oc2ncccc2C1. The van der Waals surface area contributed by atoms with Gasteiger partial charge < -0.3 is 19.3 Å². The number of carbonyl (C=O) groups excluding carboxylic acids is 1. The number of pyridine rings is 1. The highest BCUT2D eigenvalue weighted by Crippen LogP contribution is 2.32. The summed E-state index contributed by atoms with van der Waals surface area (Å²) in [5.74, 6) is 2.32. The lowest BCUT2D eigenvalue weighted by molar-refractivity contribution is -0.122. The van der Waals surface area contributed by atoms with Gasteiger partial charge in [-0.05, 0) is 49.9 Å². The largest absolute Gasteiger partial charge is 0.490 e. The Hall–Kier alpha value is -3.39. The van der Waals surface area contributed by atoms with Gasteiger partial charge in [0.1, 0.15) is 6.26 Å². The number of para-hydroxylation sites is 2. The first-order chi connectivity index (χ1) is 17.6. The molecule has 36 heavy (non-hydrogen) atoms. The van der Waals surface area contributed by atoms with Crippen molar-refractivity contribution in [3.63, 3.8) is 0 Å². The number of carbonyl (C=O) groups is 1. The third-order valence-corrected chi connectivity index (χ3v) is 6.10. The number of aromatic nitrogens is 2. The van der Waals surface area contributed by atoms with Crippen molar-refractivity contribution in [3.05, 3.63) is 65.7 Å². The van der Waals surface area contributed by atoms with Crippen LogP contribution in [0, 0.1) is 5.92 Å². The lowest BCUT2D eigenvalue weighted by atomic mass is 10.1. The molecule has 0 saturated heterocycles. The normalized spacial score (nSPS) is 15.2. The van der Waals surface area contributed by atoms with Crippen LogP contribution in [-0.4, -0.2) is 40.6 Å². The minimum absolute atomic E-state index is 0.0297. The zero-order chi connectivity index (χ0) is 25.2. The molecule has 0 unspecified atom stereocenters. The summed E-state index contributed by atoms with van der Waals surface area (Å²) in [7, 11) is 0. The molecule has 0 atom stereocenters. The molecule has 0 spiro atoms. The van der Waals surface area contributed by atoms with Crippen LogP contribution in [0.4, 0.5) is 0 Å². The predicted molar refractivity (Wildman–Crippen MR) is 137 cm³/mol. The molecule has 3 aromatic rings. The number of fused-ring (bicyclic) bond motifs is 2. The summed E-state index contributed by atoms with van der Waals surface area (Å²) >= 11 is 0. The lowest BCUT2D eigenvalue weighted by Crippen LogP contribution is -2.37. The smallest absolute Gasteiger partial charge is 0.234 e. The number of ether oxygens (including phenoxy) is 2. The molecular formula is C28H36N4O4. The number of nitrogens with one attached hydrogen (secondary N) is 1. The van der Waals surface area contributed by atoms with E-state index < -0.39 is 0 Å². The quantitative estimate of drug-likeness (QED) is 0.510. The van der Waals surface area contributed by atoms with Gasteiger partial charge in [0.05, 0.1) is 18.8 Å². The predicted octanol–water partition coefficient (Wildman–Crippen LogP) is 5.13. The molecule has 3 heterocycles. The van der Waals surface area contributed by atoms with Crippen LogP contribution in [0.2, 0.25) is 0 Å². The molecule has 0 bridgehead atoms. The van der Waals surface area contributed by atoms with Crippen molar-refractivity contribution < 1.29 is 18.8 Å². The van der Waals surface area contributed by atoms with Crippen molar-refractivity contribution >= 4 is 5.91 Å². The van der Waals surface area contributed by atoms with Crippen molar-refractivity contribution in [1.82, 2.24) is 20.4 Å². The zero-order valence-corrected chi connectivity index (χ0v) is 21.2. The topological polar surface area (TPSA) is 89.7 Å². The summed E-state index contributed by atoms with van der Waals surface area (Å²) in [4.78, 5) is 19.6. The highest BCUT2D eigenvalue weighted by molar-refractivity contribution is 5.78. The molecule has 8 nitrogen and oxygen atoms in total. The Labute approximate surface area is 213 Å². The Bertz CT molecular complexity index is 1110. The molecule has 8 heteroatoms. The van der Waals surface area contributed by atoms with Crippen LogP contribution < -0.4 is 14.8 Å². The number of amides is 1. The fourth-order valence-corrected chi connectivity index (χ4v) is 4.25. The summed E-state index contributed by atoms with van der Waals surface area (Å²) in [5.41, 5.74) is 2.77. The van der Waals surface area contributed by atoms with Crippen LogP contribution in [0.25, 0.3) is 0 Å². The van der Waals surface area contributed by atoms with E-state index in [4.69, 9.17) is 14.0 Å². The van der Waals surface area contributed by atoms with Crippen molar-refractivity contribution in [3.8, 4) is 17.4 Å². The molecule has 0 aliphatic carbocycles. The highest BCUT2D eigenvalue weighted by atomic mass is 16.5. The standard InChI is InChI=1S/C28H36N4O4/c1-21(2)16-24-23(20-35-31-24)17-30-27(33)19-32-14-7-3-4-8-15-34-25-11-5-6-12-26(25)36-28-22(18-32)10-9-13-29-28/h5-6,9-13,20-21H,3-4,7-8,14-19H2,1-2H3,(H,30,33). The van der Waals surface area contributed by atoms with Gasteiger partial charge in [-0.25, -0.2) is 4.98 Å². The Kier molecular flexibility index (Phi) is 9.33. The van der Waals surface area contributed by atoms with E-state index in [-0.39, 0.29) is 5.91 Å². The van der Waals surface area contributed by atoms with Crippen LogP contribution in [0.15, 0.2) is 53.4 Å².